The summed E-state index contributed by atoms with van der Waals surface area (Å²) >= 11 is 0. The zero-order valence-electron chi connectivity index (χ0n) is 5.70. The van der Waals surface area contributed by atoms with Crippen molar-refractivity contribution in [2.24, 2.45) is 0 Å². The van der Waals surface area contributed by atoms with Crippen LogP contribution in [0.15, 0.2) is 24.3 Å². The average Bonchev–Trinajstić information content (AvgIpc) is 2.17. The van der Waals surface area contributed by atoms with E-state index in [4.69, 9.17) is 9.47 Å². The predicted molar refractivity (Wildman–Crippen MR) is 37.2 cm³/mol. The summed E-state index contributed by atoms with van der Waals surface area (Å²) in [5, 5.41) is 0. The molecule has 1 aromatic carbocycles. The molecule has 0 N–H and O–H groups in total. The van der Waals surface area contributed by atoms with Gasteiger partial charge in [-0.3, -0.25) is 0 Å². The molecule has 2 heterocycles. The topological polar surface area (TPSA) is 18.5 Å². The Morgan fingerprint density at radius 2 is 1.40 bits per heavy atom. The lowest BCUT2D eigenvalue weighted by Crippen LogP contribution is -2.16. The molecular formula is C8H8O2. The number of rotatable bonds is 0. The lowest BCUT2D eigenvalue weighted by atomic mass is 10.3. The van der Waals surface area contributed by atoms with E-state index in [-0.39, 0.29) is 6.29 Å². The molecule has 0 amide bonds. The molecule has 2 aliphatic heterocycles. The number of fused-ring (bicyclic) bond motifs is 4. The molecule has 2 heteroatoms. The van der Waals surface area contributed by atoms with Crippen molar-refractivity contribution in [3.63, 3.8) is 0 Å². The van der Waals surface area contributed by atoms with Crippen LogP contribution < -0.4 is 9.47 Å². The lowest BCUT2D eigenvalue weighted by molar-refractivity contribution is 0.0282. The monoisotopic (exact) mass is 136 g/mol. The molecule has 0 saturated carbocycles. The summed E-state index contributed by atoms with van der Waals surface area (Å²) in [6.45, 7) is 1.88. The van der Waals surface area contributed by atoms with E-state index in [1.54, 1.807) is 0 Å². The third-order valence-electron chi connectivity index (χ3n) is 1.43. The van der Waals surface area contributed by atoms with Crippen molar-refractivity contribution in [1.29, 1.82) is 0 Å². The highest BCUT2D eigenvalue weighted by Crippen LogP contribution is 2.23. The zero-order chi connectivity index (χ0) is 6.97. The van der Waals surface area contributed by atoms with Crippen molar-refractivity contribution in [3.05, 3.63) is 24.3 Å². The Hall–Kier alpha value is -1.18. The first-order valence-corrected chi connectivity index (χ1v) is 3.28. The molecule has 0 atom stereocenters. The quantitative estimate of drug-likeness (QED) is 0.541. The van der Waals surface area contributed by atoms with Gasteiger partial charge in [0.1, 0.15) is 11.5 Å². The maximum absolute atomic E-state index is 5.30. The van der Waals surface area contributed by atoms with E-state index in [0.29, 0.717) is 0 Å². The number of ether oxygens (including phenoxy) is 2. The molecule has 0 aromatic heterocycles. The molecule has 52 valence electrons. The van der Waals surface area contributed by atoms with E-state index in [9.17, 15) is 0 Å². The van der Waals surface area contributed by atoms with Crippen molar-refractivity contribution in [2.45, 2.75) is 13.2 Å². The van der Waals surface area contributed by atoms with Gasteiger partial charge in [0.15, 0.2) is 0 Å². The minimum Gasteiger partial charge on any atom is -0.455 e. The fraction of sp³-hybridized carbons (Fsp3) is 0.250. The van der Waals surface area contributed by atoms with Gasteiger partial charge in [0.25, 0.3) is 0 Å². The Bertz CT molecular complexity index is 203. The fourth-order valence-electron chi connectivity index (χ4n) is 1.00. The van der Waals surface area contributed by atoms with E-state index < -0.39 is 0 Å². The maximum Gasteiger partial charge on any atom is 0.238 e. The van der Waals surface area contributed by atoms with E-state index in [2.05, 4.69) is 0 Å². The van der Waals surface area contributed by atoms with E-state index in [1.807, 2.05) is 31.2 Å². The molecule has 0 radical (unpaired) electrons. The number of benzene rings is 1. The molecule has 0 aliphatic carbocycles. The molecular weight excluding hydrogens is 128 g/mol. The minimum absolute atomic E-state index is 0.157. The second-order valence-electron chi connectivity index (χ2n) is 2.27. The molecule has 3 rings (SSSR count). The Balaban J connectivity index is 2.44. The molecule has 2 bridgehead atoms. The molecule has 2 nitrogen and oxygen atoms in total. The summed E-state index contributed by atoms with van der Waals surface area (Å²) in [6.07, 6.45) is -0.157. The summed E-state index contributed by atoms with van der Waals surface area (Å²) in [6, 6.07) is 7.61. The first kappa shape index (κ1) is 5.59. The Kier molecular flexibility index (Phi) is 1.07. The van der Waals surface area contributed by atoms with Crippen LogP contribution in [-0.4, -0.2) is 6.29 Å². The second kappa shape index (κ2) is 1.90. The van der Waals surface area contributed by atoms with Crippen LogP contribution >= 0.6 is 0 Å². The van der Waals surface area contributed by atoms with Crippen LogP contribution in [0.25, 0.3) is 0 Å². The third-order valence-corrected chi connectivity index (χ3v) is 1.43. The summed E-state index contributed by atoms with van der Waals surface area (Å²) in [5.74, 6) is 1.74. The van der Waals surface area contributed by atoms with Gasteiger partial charge in [0.05, 0.1) is 0 Å². The molecule has 1 aromatic rings. The summed E-state index contributed by atoms with van der Waals surface area (Å²) in [5.41, 5.74) is 0. The van der Waals surface area contributed by atoms with Crippen LogP contribution in [0.5, 0.6) is 11.5 Å². The summed E-state index contributed by atoms with van der Waals surface area (Å²) in [7, 11) is 0. The molecule has 0 spiro atoms. The maximum atomic E-state index is 5.30. The molecule has 10 heavy (non-hydrogen) atoms. The Morgan fingerprint density at radius 1 is 1.00 bits per heavy atom. The van der Waals surface area contributed by atoms with Crippen molar-refractivity contribution in [2.75, 3.05) is 0 Å². The standard InChI is InChI=1S/C8H8O2/c1-6-9-7-2-3-8(10-6)5-4-7/h2-6H,1H3. The number of hydrogen-bond donors (Lipinski definition) is 0. The van der Waals surface area contributed by atoms with Crippen LogP contribution in [-0.2, 0) is 0 Å². The van der Waals surface area contributed by atoms with E-state index in [0.717, 1.165) is 11.5 Å². The van der Waals surface area contributed by atoms with Gasteiger partial charge in [0, 0.05) is 6.92 Å². The van der Waals surface area contributed by atoms with Crippen LogP contribution in [0, 0.1) is 0 Å². The molecule has 0 unspecified atom stereocenters. The smallest absolute Gasteiger partial charge is 0.238 e. The van der Waals surface area contributed by atoms with E-state index in [1.165, 1.54) is 0 Å². The van der Waals surface area contributed by atoms with Crippen LogP contribution in [0.2, 0.25) is 0 Å². The largest absolute Gasteiger partial charge is 0.455 e. The summed E-state index contributed by atoms with van der Waals surface area (Å²) < 4.78 is 10.6. The van der Waals surface area contributed by atoms with Crippen molar-refractivity contribution < 1.29 is 9.47 Å². The van der Waals surface area contributed by atoms with E-state index >= 15 is 0 Å². The molecule has 2 aliphatic rings. The van der Waals surface area contributed by atoms with Crippen molar-refractivity contribution in [3.8, 4) is 11.5 Å². The van der Waals surface area contributed by atoms with Gasteiger partial charge in [-0.15, -0.1) is 0 Å². The second-order valence-corrected chi connectivity index (χ2v) is 2.27. The van der Waals surface area contributed by atoms with Gasteiger partial charge < -0.3 is 9.47 Å². The Morgan fingerprint density at radius 3 is 1.80 bits per heavy atom. The first-order chi connectivity index (χ1) is 4.84. The molecule has 0 fully saturated rings. The van der Waals surface area contributed by atoms with Gasteiger partial charge in [-0.05, 0) is 24.3 Å². The SMILES string of the molecule is CC1Oc2ccc(cc2)O1. The zero-order valence-corrected chi connectivity index (χ0v) is 5.70. The third kappa shape index (κ3) is 0.817. The number of hydrogen-bond acceptors (Lipinski definition) is 2. The normalized spacial score (nSPS) is 15.7. The van der Waals surface area contributed by atoms with Gasteiger partial charge in [0.2, 0.25) is 6.29 Å². The van der Waals surface area contributed by atoms with Gasteiger partial charge >= 0.3 is 0 Å². The van der Waals surface area contributed by atoms with Crippen molar-refractivity contribution >= 4 is 0 Å². The van der Waals surface area contributed by atoms with Gasteiger partial charge in [-0.2, -0.15) is 0 Å². The molecule has 0 saturated heterocycles. The van der Waals surface area contributed by atoms with Gasteiger partial charge in [-0.1, -0.05) is 0 Å². The average molecular weight is 136 g/mol. The minimum atomic E-state index is -0.157. The highest BCUT2D eigenvalue weighted by atomic mass is 16.7. The summed E-state index contributed by atoms with van der Waals surface area (Å²) in [4.78, 5) is 0. The Labute approximate surface area is 59.4 Å². The van der Waals surface area contributed by atoms with Gasteiger partial charge in [-0.25, -0.2) is 0 Å². The highest BCUT2D eigenvalue weighted by Gasteiger charge is 2.09. The van der Waals surface area contributed by atoms with Crippen LogP contribution in [0.3, 0.4) is 0 Å². The predicted octanol–water partition coefficient (Wildman–Crippen LogP) is 1.80. The first-order valence-electron chi connectivity index (χ1n) is 3.28. The van der Waals surface area contributed by atoms with Crippen molar-refractivity contribution in [1.82, 2.24) is 0 Å². The highest BCUT2D eigenvalue weighted by molar-refractivity contribution is 5.32. The fourth-order valence-corrected chi connectivity index (χ4v) is 1.00. The lowest BCUT2D eigenvalue weighted by Gasteiger charge is -2.10. The van der Waals surface area contributed by atoms with Crippen LogP contribution in [0.1, 0.15) is 6.92 Å². The van der Waals surface area contributed by atoms with Crippen LogP contribution in [0.4, 0.5) is 0 Å².